The number of amides is 1. The van der Waals surface area contributed by atoms with Gasteiger partial charge in [0.15, 0.2) is 5.49 Å². The number of hydrogen-bond donors (Lipinski definition) is 3. The highest BCUT2D eigenvalue weighted by Gasteiger charge is 2.37. The zero-order valence-corrected chi connectivity index (χ0v) is 26.5. The number of carbonyl (C=O) groups is 1. The van der Waals surface area contributed by atoms with E-state index >= 15 is 0 Å². The number of aliphatic hydroxyl groups excluding tert-OH is 1. The van der Waals surface area contributed by atoms with Crippen LogP contribution in [0.1, 0.15) is 85.5 Å². The van der Waals surface area contributed by atoms with E-state index in [-0.39, 0.29) is 61.5 Å². The number of benzene rings is 1. The molecule has 0 saturated heterocycles. The third kappa shape index (κ3) is 8.03. The van der Waals surface area contributed by atoms with Gasteiger partial charge in [-0.1, -0.05) is 19.6 Å². The molecule has 1 fully saturated rings. The molecule has 1 saturated carbocycles. The standard InChI is InChI=1S/C30H36F3N6O6P.CH4/c1-4-44-46(43,45-5-2)17-18-6-13-25(39(42)15-18)36-29-34-14-23(30(31,32)33)27(37-29)35-24-12-11-21(19-7-9-20(40)10-8-19)22-16-38(3)28(41)26(22)24;/h6,11-15,19-20,40,42H,4-5,7-10,16-17H2,1-3H3,(H,34,35,37);1H4. The van der Waals surface area contributed by atoms with Crippen molar-refractivity contribution in [3.05, 3.63) is 70.0 Å². The van der Waals surface area contributed by atoms with E-state index in [9.17, 15) is 32.8 Å². The van der Waals surface area contributed by atoms with Gasteiger partial charge in [-0.25, -0.2) is 4.98 Å². The minimum atomic E-state index is -4.83. The molecular formula is C31H40F3N6O6P. The molecule has 256 valence electrons. The summed E-state index contributed by atoms with van der Waals surface area (Å²) >= 11 is 0. The summed E-state index contributed by atoms with van der Waals surface area (Å²) in [4.78, 5) is 26.6. The molecule has 1 aliphatic heterocycles. The Labute approximate surface area is 270 Å². The predicted octanol–water partition coefficient (Wildman–Crippen LogP) is 6.52. The maximum Gasteiger partial charge on any atom is 0.421 e. The summed E-state index contributed by atoms with van der Waals surface area (Å²) in [6, 6.07) is 6.27. The number of nitrogens with one attached hydrogen (secondary N) is 1. The minimum absolute atomic E-state index is 0. The maximum atomic E-state index is 14.1. The highest BCUT2D eigenvalue weighted by Crippen LogP contribution is 2.51. The smallest absolute Gasteiger partial charge is 0.421 e. The van der Waals surface area contributed by atoms with E-state index in [1.54, 1.807) is 27.0 Å². The van der Waals surface area contributed by atoms with Crippen molar-refractivity contribution in [1.29, 1.82) is 0 Å². The third-order valence-electron chi connectivity index (χ3n) is 7.99. The van der Waals surface area contributed by atoms with Crippen molar-refractivity contribution in [2.24, 2.45) is 4.99 Å². The monoisotopic (exact) mass is 680 g/mol. The second kappa shape index (κ2) is 14.5. The summed E-state index contributed by atoms with van der Waals surface area (Å²) in [5.41, 5.74) is 1.25. The number of aliphatic hydroxyl groups is 1. The maximum absolute atomic E-state index is 14.1. The van der Waals surface area contributed by atoms with Crippen molar-refractivity contribution in [2.45, 2.75) is 77.9 Å². The Hall–Kier alpha value is -3.78. The average molecular weight is 681 g/mol. The lowest BCUT2D eigenvalue weighted by atomic mass is 9.80. The molecule has 3 aromatic rings. The molecule has 2 aromatic heterocycles. The number of hydrogen-bond acceptors (Lipinski definition) is 10. The van der Waals surface area contributed by atoms with Gasteiger partial charge in [0, 0.05) is 26.0 Å². The molecule has 0 bridgehead atoms. The van der Waals surface area contributed by atoms with Crippen LogP contribution >= 0.6 is 7.60 Å². The lowest BCUT2D eigenvalue weighted by Crippen LogP contribution is -2.19. The number of fused-ring (bicyclic) bond motifs is 1. The van der Waals surface area contributed by atoms with E-state index in [1.807, 2.05) is 6.07 Å². The summed E-state index contributed by atoms with van der Waals surface area (Å²) in [5.74, 6) is -1.21. The topological polar surface area (TPSA) is 151 Å². The van der Waals surface area contributed by atoms with E-state index in [4.69, 9.17) is 9.05 Å². The second-order valence-electron chi connectivity index (χ2n) is 11.2. The zero-order chi connectivity index (χ0) is 33.2. The Bertz CT molecular complexity index is 1710. The number of halogens is 3. The van der Waals surface area contributed by atoms with E-state index in [0.717, 1.165) is 24.0 Å². The van der Waals surface area contributed by atoms with Crippen molar-refractivity contribution >= 4 is 31.0 Å². The van der Waals surface area contributed by atoms with Crippen molar-refractivity contribution in [3.8, 4) is 0 Å². The van der Waals surface area contributed by atoms with Crippen LogP contribution in [0.25, 0.3) is 0 Å². The van der Waals surface area contributed by atoms with Crippen LogP contribution in [0.2, 0.25) is 0 Å². The third-order valence-corrected chi connectivity index (χ3v) is 10.0. The van der Waals surface area contributed by atoms with Crippen molar-refractivity contribution in [2.75, 3.05) is 25.6 Å². The molecule has 0 atom stereocenters. The van der Waals surface area contributed by atoms with Crippen LogP contribution in [0.15, 0.2) is 41.7 Å². The molecule has 12 nitrogen and oxygen atoms in total. The lowest BCUT2D eigenvalue weighted by Gasteiger charge is -2.27. The number of nitrogens with zero attached hydrogens (tertiary/aromatic N) is 5. The molecule has 3 heterocycles. The number of pyridine rings is 1. The Morgan fingerprint density at radius 3 is 2.40 bits per heavy atom. The van der Waals surface area contributed by atoms with Gasteiger partial charge in [0.1, 0.15) is 11.4 Å². The highest BCUT2D eigenvalue weighted by atomic mass is 31.2. The lowest BCUT2D eigenvalue weighted by molar-refractivity contribution is -0.137. The Balaban J connectivity index is 0.00000500. The van der Waals surface area contributed by atoms with Crippen LogP contribution < -0.4 is 10.8 Å². The number of alkyl halides is 3. The number of carbonyl (C=O) groups excluding carboxylic acids is 1. The van der Waals surface area contributed by atoms with Gasteiger partial charge < -0.3 is 29.6 Å². The average Bonchev–Trinajstić information content (AvgIpc) is 3.29. The first kappa shape index (κ1) is 36.1. The van der Waals surface area contributed by atoms with Gasteiger partial charge in [0.2, 0.25) is 0 Å². The van der Waals surface area contributed by atoms with Crippen LogP contribution in [0.5, 0.6) is 0 Å². The summed E-state index contributed by atoms with van der Waals surface area (Å²) in [7, 11) is -1.83. The van der Waals surface area contributed by atoms with Gasteiger partial charge >= 0.3 is 13.8 Å². The number of aromatic nitrogens is 3. The quantitative estimate of drug-likeness (QED) is 0.161. The van der Waals surface area contributed by atoms with Crippen molar-refractivity contribution in [1.82, 2.24) is 19.6 Å². The van der Waals surface area contributed by atoms with Crippen LogP contribution in [0, 0.1) is 0 Å². The molecule has 47 heavy (non-hydrogen) atoms. The van der Waals surface area contributed by atoms with Crippen LogP contribution in [-0.2, 0) is 32.5 Å². The molecule has 1 amide bonds. The predicted molar refractivity (Wildman–Crippen MR) is 168 cm³/mol. The second-order valence-corrected chi connectivity index (χ2v) is 13.3. The van der Waals surface area contributed by atoms with Gasteiger partial charge in [-0.2, -0.15) is 27.9 Å². The Morgan fingerprint density at radius 1 is 1.11 bits per heavy atom. The van der Waals surface area contributed by atoms with Crippen LogP contribution in [0.4, 0.5) is 30.6 Å². The molecule has 5 rings (SSSR count). The zero-order valence-electron chi connectivity index (χ0n) is 25.6. The number of rotatable bonds is 10. The molecule has 0 spiro atoms. The molecule has 3 N–H and O–H groups in total. The van der Waals surface area contributed by atoms with Crippen LogP contribution in [0.3, 0.4) is 0 Å². The summed E-state index contributed by atoms with van der Waals surface area (Å²) in [6.45, 7) is 3.99. The highest BCUT2D eigenvalue weighted by molar-refractivity contribution is 7.53. The largest absolute Gasteiger partial charge is 0.427 e. The van der Waals surface area contributed by atoms with Crippen molar-refractivity contribution in [3.63, 3.8) is 0 Å². The molecular weight excluding hydrogens is 640 g/mol. The van der Waals surface area contributed by atoms with E-state index in [1.165, 1.54) is 23.2 Å². The molecule has 2 aliphatic rings. The van der Waals surface area contributed by atoms with E-state index < -0.39 is 31.1 Å². The van der Waals surface area contributed by atoms with Gasteiger partial charge in [-0.05, 0) is 74.3 Å². The fraction of sp³-hybridized carbons (Fsp3) is 0.484. The van der Waals surface area contributed by atoms with Gasteiger partial charge in [0.25, 0.3) is 11.9 Å². The van der Waals surface area contributed by atoms with Gasteiger partial charge in [-0.3, -0.25) is 9.36 Å². The van der Waals surface area contributed by atoms with Crippen LogP contribution in [-0.4, -0.2) is 62.2 Å². The van der Waals surface area contributed by atoms with Crippen molar-refractivity contribution < 1.29 is 41.9 Å². The molecule has 0 radical (unpaired) electrons. The molecule has 16 heteroatoms. The van der Waals surface area contributed by atoms with E-state index in [2.05, 4.69) is 20.3 Å². The Kier molecular flexibility index (Phi) is 11.2. The fourth-order valence-corrected chi connectivity index (χ4v) is 7.54. The molecule has 1 aromatic carbocycles. The first-order chi connectivity index (χ1) is 21.8. The summed E-state index contributed by atoms with van der Waals surface area (Å²) in [6.07, 6.45) is -0.721. The first-order valence-electron chi connectivity index (χ1n) is 15.0. The van der Waals surface area contributed by atoms with Gasteiger partial charge in [0.05, 0.1) is 36.7 Å². The molecule has 1 aliphatic carbocycles. The SMILES string of the molecule is C.CCOP(=O)(Cc1ccc(=Nc2ncc(C(F)(F)F)c(Nc3ccc(C4CCC(O)CC4)c4c3C(=O)N(C)C4)n2)n(O)c1)OCC. The minimum Gasteiger partial charge on any atom is -0.427 e. The normalized spacial score (nSPS) is 18.7. The molecule has 0 unspecified atom stereocenters. The summed E-state index contributed by atoms with van der Waals surface area (Å²) < 4.78 is 66.3. The van der Waals surface area contributed by atoms with E-state index in [0.29, 0.717) is 35.9 Å². The number of anilines is 2. The first-order valence-corrected chi connectivity index (χ1v) is 16.7. The Morgan fingerprint density at radius 2 is 1.79 bits per heavy atom. The fourth-order valence-electron chi connectivity index (χ4n) is 5.86. The van der Waals surface area contributed by atoms with Gasteiger partial charge in [-0.15, -0.1) is 0 Å². The summed E-state index contributed by atoms with van der Waals surface area (Å²) in [5, 5.41) is 23.2.